The Bertz CT molecular complexity index is 581. The molecule has 0 fully saturated rings. The first-order chi connectivity index (χ1) is 8.58. The van der Waals surface area contributed by atoms with Crippen molar-refractivity contribution < 1.29 is 4.79 Å². The normalized spacial score (nSPS) is 10.1. The van der Waals surface area contributed by atoms with E-state index in [1.54, 1.807) is 42.5 Å². The van der Waals surface area contributed by atoms with Crippen molar-refractivity contribution in [3.8, 4) is 0 Å². The molecule has 0 unspecified atom stereocenters. The van der Waals surface area contributed by atoms with Gasteiger partial charge in [-0.2, -0.15) is 0 Å². The van der Waals surface area contributed by atoms with E-state index in [9.17, 15) is 4.79 Å². The van der Waals surface area contributed by atoms with Crippen molar-refractivity contribution in [2.24, 2.45) is 0 Å². The average molecular weight is 306 g/mol. The van der Waals surface area contributed by atoms with Crippen LogP contribution in [0.2, 0.25) is 0 Å². The van der Waals surface area contributed by atoms with Crippen LogP contribution in [0, 0.1) is 0 Å². The number of hydrogen-bond donors (Lipinski definition) is 3. The molecule has 0 radical (unpaired) electrons. The molecule has 4 nitrogen and oxygen atoms in total. The molecule has 18 heavy (non-hydrogen) atoms. The lowest BCUT2D eigenvalue weighted by molar-refractivity contribution is 0.102. The van der Waals surface area contributed by atoms with Gasteiger partial charge in [0.15, 0.2) is 0 Å². The Kier molecular flexibility index (Phi) is 3.53. The van der Waals surface area contributed by atoms with E-state index < -0.39 is 0 Å². The standard InChI is InChI=1S/C13H12BrN3O/c14-12-10(2-1-3-11(12)16)13(18)17-9-6-4-8(15)5-7-9/h1-7H,15-16H2,(H,17,18). The smallest absolute Gasteiger partial charge is 0.256 e. The predicted octanol–water partition coefficient (Wildman–Crippen LogP) is 2.87. The van der Waals surface area contributed by atoms with Crippen molar-refractivity contribution in [3.05, 3.63) is 52.5 Å². The van der Waals surface area contributed by atoms with Crippen LogP contribution in [0.3, 0.4) is 0 Å². The Morgan fingerprint density at radius 3 is 2.39 bits per heavy atom. The molecule has 92 valence electrons. The molecule has 0 spiro atoms. The van der Waals surface area contributed by atoms with Gasteiger partial charge in [0, 0.05) is 17.1 Å². The van der Waals surface area contributed by atoms with Crippen molar-refractivity contribution in [1.29, 1.82) is 0 Å². The zero-order valence-electron chi connectivity index (χ0n) is 9.48. The van der Waals surface area contributed by atoms with E-state index in [1.807, 2.05) is 0 Å². The number of amides is 1. The van der Waals surface area contributed by atoms with Crippen molar-refractivity contribution in [3.63, 3.8) is 0 Å². The van der Waals surface area contributed by atoms with Crippen LogP contribution in [0.15, 0.2) is 46.9 Å². The maximum absolute atomic E-state index is 12.0. The number of rotatable bonds is 2. The van der Waals surface area contributed by atoms with Gasteiger partial charge in [0.25, 0.3) is 5.91 Å². The van der Waals surface area contributed by atoms with Crippen LogP contribution in [0.4, 0.5) is 17.1 Å². The highest BCUT2D eigenvalue weighted by atomic mass is 79.9. The van der Waals surface area contributed by atoms with Crippen molar-refractivity contribution >= 4 is 38.9 Å². The maximum Gasteiger partial charge on any atom is 0.256 e. The highest BCUT2D eigenvalue weighted by Crippen LogP contribution is 2.24. The third kappa shape index (κ3) is 2.62. The number of benzene rings is 2. The molecule has 5 heteroatoms. The lowest BCUT2D eigenvalue weighted by atomic mass is 10.2. The van der Waals surface area contributed by atoms with Crippen LogP contribution >= 0.6 is 15.9 Å². The first kappa shape index (κ1) is 12.4. The van der Waals surface area contributed by atoms with Crippen molar-refractivity contribution in [2.45, 2.75) is 0 Å². The Labute approximate surface area is 113 Å². The fourth-order valence-electron chi connectivity index (χ4n) is 1.49. The highest BCUT2D eigenvalue weighted by Gasteiger charge is 2.11. The summed E-state index contributed by atoms with van der Waals surface area (Å²) in [5, 5.41) is 2.77. The van der Waals surface area contributed by atoms with Gasteiger partial charge >= 0.3 is 0 Å². The number of carbonyl (C=O) groups excluding carboxylic acids is 1. The molecular weight excluding hydrogens is 294 g/mol. The molecule has 0 atom stereocenters. The molecule has 2 aromatic rings. The van der Waals surface area contributed by atoms with Crippen molar-refractivity contribution in [1.82, 2.24) is 0 Å². The number of carbonyl (C=O) groups is 1. The Hall–Kier alpha value is -2.01. The fraction of sp³-hybridized carbons (Fsp3) is 0. The number of hydrogen-bond acceptors (Lipinski definition) is 3. The Morgan fingerprint density at radius 2 is 1.72 bits per heavy atom. The lowest BCUT2D eigenvalue weighted by Gasteiger charge is -2.08. The predicted molar refractivity (Wildman–Crippen MR) is 77.4 cm³/mol. The number of nitrogen functional groups attached to an aromatic ring is 2. The summed E-state index contributed by atoms with van der Waals surface area (Å²) in [5.41, 5.74) is 13.7. The second-order valence-corrected chi connectivity index (χ2v) is 4.58. The summed E-state index contributed by atoms with van der Waals surface area (Å²) in [7, 11) is 0. The minimum absolute atomic E-state index is 0.223. The van der Waals surface area contributed by atoms with E-state index in [1.165, 1.54) is 0 Å². The second-order valence-electron chi connectivity index (χ2n) is 3.78. The van der Waals surface area contributed by atoms with Crippen molar-refractivity contribution in [2.75, 3.05) is 16.8 Å². The molecule has 0 aromatic heterocycles. The molecule has 0 aliphatic carbocycles. The molecular formula is C13H12BrN3O. The van der Waals surface area contributed by atoms with Gasteiger partial charge in [-0.15, -0.1) is 0 Å². The summed E-state index contributed by atoms with van der Waals surface area (Å²) in [6.45, 7) is 0. The lowest BCUT2D eigenvalue weighted by Crippen LogP contribution is -2.13. The van der Waals surface area contributed by atoms with Gasteiger partial charge in [0.05, 0.1) is 10.0 Å². The summed E-state index contributed by atoms with van der Waals surface area (Å²) in [6.07, 6.45) is 0. The fourth-order valence-corrected chi connectivity index (χ4v) is 1.93. The van der Waals surface area contributed by atoms with Gasteiger partial charge < -0.3 is 16.8 Å². The van der Waals surface area contributed by atoms with Gasteiger partial charge in [-0.25, -0.2) is 0 Å². The van der Waals surface area contributed by atoms with Crippen LogP contribution < -0.4 is 16.8 Å². The molecule has 0 bridgehead atoms. The third-order valence-corrected chi connectivity index (χ3v) is 3.33. The molecule has 5 N–H and O–H groups in total. The minimum atomic E-state index is -0.223. The average Bonchev–Trinajstić information content (AvgIpc) is 2.35. The van der Waals surface area contributed by atoms with E-state index >= 15 is 0 Å². The summed E-state index contributed by atoms with van der Waals surface area (Å²) in [5.74, 6) is -0.223. The minimum Gasteiger partial charge on any atom is -0.399 e. The molecule has 1 amide bonds. The quantitative estimate of drug-likeness (QED) is 0.746. The molecule has 0 saturated carbocycles. The van der Waals surface area contributed by atoms with Gasteiger partial charge in [0.1, 0.15) is 0 Å². The van der Waals surface area contributed by atoms with Gasteiger partial charge in [-0.1, -0.05) is 6.07 Å². The van der Waals surface area contributed by atoms with E-state index in [0.29, 0.717) is 27.1 Å². The first-order valence-electron chi connectivity index (χ1n) is 5.29. The third-order valence-electron chi connectivity index (χ3n) is 2.44. The Morgan fingerprint density at radius 1 is 1.06 bits per heavy atom. The van der Waals surface area contributed by atoms with Crippen LogP contribution in [0.25, 0.3) is 0 Å². The molecule has 2 aromatic carbocycles. The van der Waals surface area contributed by atoms with Crippen LogP contribution in [-0.4, -0.2) is 5.91 Å². The monoisotopic (exact) mass is 305 g/mol. The van der Waals surface area contributed by atoms with E-state index in [4.69, 9.17) is 11.5 Å². The molecule has 2 rings (SSSR count). The second kappa shape index (κ2) is 5.10. The van der Waals surface area contributed by atoms with E-state index in [2.05, 4.69) is 21.2 Å². The van der Waals surface area contributed by atoms with Gasteiger partial charge in [-0.3, -0.25) is 4.79 Å². The Balaban J connectivity index is 2.22. The summed E-state index contributed by atoms with van der Waals surface area (Å²) in [6, 6.07) is 12.1. The number of nitrogens with one attached hydrogen (secondary N) is 1. The summed E-state index contributed by atoms with van der Waals surface area (Å²) >= 11 is 3.30. The molecule has 0 aliphatic heterocycles. The summed E-state index contributed by atoms with van der Waals surface area (Å²) in [4.78, 5) is 12.0. The number of anilines is 3. The number of halogens is 1. The molecule has 0 heterocycles. The zero-order valence-corrected chi connectivity index (χ0v) is 11.1. The summed E-state index contributed by atoms with van der Waals surface area (Å²) < 4.78 is 0.595. The van der Waals surface area contributed by atoms with E-state index in [0.717, 1.165) is 0 Å². The van der Waals surface area contributed by atoms with Crippen LogP contribution in [-0.2, 0) is 0 Å². The van der Waals surface area contributed by atoms with Gasteiger partial charge in [-0.05, 0) is 52.3 Å². The van der Waals surface area contributed by atoms with Crippen LogP contribution in [0.5, 0.6) is 0 Å². The molecule has 0 saturated heterocycles. The van der Waals surface area contributed by atoms with Crippen LogP contribution in [0.1, 0.15) is 10.4 Å². The number of nitrogens with two attached hydrogens (primary N) is 2. The highest BCUT2D eigenvalue weighted by molar-refractivity contribution is 9.10. The van der Waals surface area contributed by atoms with E-state index in [-0.39, 0.29) is 5.91 Å². The maximum atomic E-state index is 12.0. The topological polar surface area (TPSA) is 81.1 Å². The zero-order chi connectivity index (χ0) is 13.1. The first-order valence-corrected chi connectivity index (χ1v) is 6.08. The SMILES string of the molecule is Nc1ccc(NC(=O)c2cccc(N)c2Br)cc1. The molecule has 0 aliphatic rings. The van der Waals surface area contributed by atoms with Gasteiger partial charge in [0.2, 0.25) is 0 Å². The largest absolute Gasteiger partial charge is 0.399 e.